The van der Waals surface area contributed by atoms with E-state index in [4.69, 9.17) is 4.74 Å². The first kappa shape index (κ1) is 19.4. The molecule has 2 aromatic carbocycles. The fourth-order valence-electron chi connectivity index (χ4n) is 2.10. The fraction of sp³-hybridized carbons (Fsp3) is 0.263. The van der Waals surface area contributed by atoms with Gasteiger partial charge in [-0.2, -0.15) is 0 Å². The third kappa shape index (κ3) is 6.14. The summed E-state index contributed by atoms with van der Waals surface area (Å²) >= 11 is 3.06. The smallest absolute Gasteiger partial charge is 0.338 e. The van der Waals surface area contributed by atoms with Gasteiger partial charge in [-0.3, -0.25) is 4.79 Å². The maximum atomic E-state index is 12.3. The summed E-state index contributed by atoms with van der Waals surface area (Å²) in [4.78, 5) is 26.0. The lowest BCUT2D eigenvalue weighted by Gasteiger charge is -2.14. The lowest BCUT2D eigenvalue weighted by Crippen LogP contribution is -2.32. The van der Waals surface area contributed by atoms with Crippen LogP contribution in [0.15, 0.2) is 64.4 Å². The number of ether oxygens (including phenoxy) is 1. The summed E-state index contributed by atoms with van der Waals surface area (Å²) in [6, 6.07) is 17.2. The molecule has 0 bridgehead atoms. The summed E-state index contributed by atoms with van der Waals surface area (Å²) in [5, 5.41) is 2.64. The van der Waals surface area contributed by atoms with E-state index in [1.165, 1.54) is 23.8 Å². The topological polar surface area (TPSA) is 55.4 Å². The molecule has 4 nitrogen and oxygen atoms in total. The molecular weight excluding hydrogens is 354 g/mol. The summed E-state index contributed by atoms with van der Waals surface area (Å²) in [6.07, 6.45) is 0. The molecule has 6 heteroatoms. The molecule has 0 aromatic heterocycles. The zero-order chi connectivity index (χ0) is 18.1. The van der Waals surface area contributed by atoms with Gasteiger partial charge in [0.1, 0.15) is 0 Å². The highest BCUT2D eigenvalue weighted by Crippen LogP contribution is 2.27. The summed E-state index contributed by atoms with van der Waals surface area (Å²) in [5.41, 5.74) is 0.481. The van der Waals surface area contributed by atoms with Crippen molar-refractivity contribution in [1.29, 1.82) is 0 Å². The highest BCUT2D eigenvalue weighted by molar-refractivity contribution is 8.00. The van der Waals surface area contributed by atoms with Gasteiger partial charge in [0.15, 0.2) is 0 Å². The van der Waals surface area contributed by atoms with Crippen LogP contribution in [0.1, 0.15) is 17.3 Å². The van der Waals surface area contributed by atoms with Gasteiger partial charge in [0, 0.05) is 22.1 Å². The second kappa shape index (κ2) is 10.2. The van der Waals surface area contributed by atoms with E-state index in [1.54, 1.807) is 23.9 Å². The van der Waals surface area contributed by atoms with Crippen molar-refractivity contribution in [2.24, 2.45) is 0 Å². The van der Waals surface area contributed by atoms with Gasteiger partial charge in [-0.15, -0.1) is 23.5 Å². The first-order valence-corrected chi connectivity index (χ1v) is 9.78. The molecule has 0 aliphatic carbocycles. The second-order valence-corrected chi connectivity index (χ2v) is 7.75. The van der Waals surface area contributed by atoms with Crippen molar-refractivity contribution in [3.8, 4) is 0 Å². The van der Waals surface area contributed by atoms with Crippen LogP contribution >= 0.6 is 23.5 Å². The minimum Gasteiger partial charge on any atom is -0.465 e. The minimum atomic E-state index is -0.394. The largest absolute Gasteiger partial charge is 0.465 e. The Balaban J connectivity index is 1.81. The Bertz CT molecular complexity index is 707. The number of benzene rings is 2. The number of hydrogen-bond donors (Lipinski definition) is 1. The molecule has 2 aromatic rings. The molecule has 1 amide bonds. The maximum Gasteiger partial charge on any atom is 0.338 e. The van der Waals surface area contributed by atoms with Crippen molar-refractivity contribution >= 4 is 35.4 Å². The van der Waals surface area contributed by atoms with Crippen molar-refractivity contribution in [1.82, 2.24) is 5.32 Å². The SMILES string of the molecule is COC(=O)c1ccccc1S[C@@H](C)C(=O)NCCSc1ccccc1. The van der Waals surface area contributed by atoms with Gasteiger partial charge in [0.05, 0.1) is 17.9 Å². The van der Waals surface area contributed by atoms with Crippen LogP contribution in [0.25, 0.3) is 0 Å². The van der Waals surface area contributed by atoms with E-state index in [9.17, 15) is 9.59 Å². The first-order chi connectivity index (χ1) is 12.1. The number of rotatable bonds is 8. The van der Waals surface area contributed by atoms with Gasteiger partial charge in [-0.1, -0.05) is 30.3 Å². The zero-order valence-corrected chi connectivity index (χ0v) is 15.9. The zero-order valence-electron chi connectivity index (χ0n) is 14.2. The molecule has 25 heavy (non-hydrogen) atoms. The van der Waals surface area contributed by atoms with E-state index in [0.717, 1.165) is 10.6 Å². The van der Waals surface area contributed by atoms with Crippen LogP contribution in [0.5, 0.6) is 0 Å². The number of nitrogens with one attached hydrogen (secondary N) is 1. The molecule has 1 N–H and O–H groups in total. The molecule has 0 fully saturated rings. The number of methoxy groups -OCH3 is 1. The van der Waals surface area contributed by atoms with Gasteiger partial charge in [0.2, 0.25) is 5.91 Å². The number of carbonyl (C=O) groups is 2. The van der Waals surface area contributed by atoms with Crippen molar-refractivity contribution < 1.29 is 14.3 Å². The molecule has 0 saturated carbocycles. The van der Waals surface area contributed by atoms with Gasteiger partial charge >= 0.3 is 5.97 Å². The van der Waals surface area contributed by atoms with Crippen LogP contribution in [0, 0.1) is 0 Å². The van der Waals surface area contributed by atoms with Crippen molar-refractivity contribution in [3.05, 3.63) is 60.2 Å². The van der Waals surface area contributed by atoms with E-state index in [-0.39, 0.29) is 11.2 Å². The molecule has 0 radical (unpaired) electrons. The second-order valence-electron chi connectivity index (χ2n) is 5.20. The Morgan fingerprint density at radius 1 is 1.08 bits per heavy atom. The predicted octanol–water partition coefficient (Wildman–Crippen LogP) is 3.86. The number of amides is 1. The van der Waals surface area contributed by atoms with Gasteiger partial charge in [-0.25, -0.2) is 4.79 Å². The number of hydrogen-bond acceptors (Lipinski definition) is 5. The Labute approximate surface area is 156 Å². The highest BCUT2D eigenvalue weighted by atomic mass is 32.2. The third-order valence-electron chi connectivity index (χ3n) is 3.38. The van der Waals surface area contributed by atoms with E-state index in [1.807, 2.05) is 37.3 Å². The number of esters is 1. The van der Waals surface area contributed by atoms with Gasteiger partial charge in [-0.05, 0) is 31.2 Å². The average Bonchev–Trinajstić information content (AvgIpc) is 2.65. The van der Waals surface area contributed by atoms with Crippen LogP contribution in [0.2, 0.25) is 0 Å². The quantitative estimate of drug-likeness (QED) is 0.431. The molecule has 0 aliphatic heterocycles. The molecule has 0 saturated heterocycles. The number of carbonyl (C=O) groups excluding carboxylic acids is 2. The lowest BCUT2D eigenvalue weighted by molar-refractivity contribution is -0.120. The van der Waals surface area contributed by atoms with Crippen molar-refractivity contribution in [3.63, 3.8) is 0 Å². The Hall–Kier alpha value is -1.92. The summed E-state index contributed by atoms with van der Waals surface area (Å²) in [5.74, 6) is 0.375. The molecule has 1 atom stereocenters. The summed E-state index contributed by atoms with van der Waals surface area (Å²) in [7, 11) is 1.35. The van der Waals surface area contributed by atoms with Crippen LogP contribution < -0.4 is 5.32 Å². The molecule has 0 unspecified atom stereocenters. The molecule has 132 valence electrons. The van der Waals surface area contributed by atoms with Crippen molar-refractivity contribution in [2.75, 3.05) is 19.4 Å². The van der Waals surface area contributed by atoms with Gasteiger partial charge < -0.3 is 10.1 Å². The Morgan fingerprint density at radius 3 is 2.48 bits per heavy atom. The molecule has 0 spiro atoms. The molecular formula is C19H21NO3S2. The minimum absolute atomic E-state index is 0.0432. The van der Waals surface area contributed by atoms with Crippen LogP contribution in [-0.2, 0) is 9.53 Å². The van der Waals surface area contributed by atoms with Crippen molar-refractivity contribution in [2.45, 2.75) is 22.0 Å². The third-order valence-corrected chi connectivity index (χ3v) is 5.57. The highest BCUT2D eigenvalue weighted by Gasteiger charge is 2.18. The standard InChI is InChI=1S/C19H21NO3S2/c1-14(25-17-11-7-6-10-16(17)19(22)23-2)18(21)20-12-13-24-15-8-4-3-5-9-15/h3-11,14H,12-13H2,1-2H3,(H,20,21)/t14-/m0/s1. The normalized spacial score (nSPS) is 11.6. The molecule has 0 aliphatic rings. The van der Waals surface area contributed by atoms with E-state index in [2.05, 4.69) is 17.4 Å². The average molecular weight is 376 g/mol. The fourth-order valence-corrected chi connectivity index (χ4v) is 3.89. The summed E-state index contributed by atoms with van der Waals surface area (Å²) in [6.45, 7) is 2.43. The van der Waals surface area contributed by atoms with Crippen LogP contribution in [-0.4, -0.2) is 36.5 Å². The van der Waals surface area contributed by atoms with Crippen LogP contribution in [0.4, 0.5) is 0 Å². The lowest BCUT2D eigenvalue weighted by atomic mass is 10.2. The predicted molar refractivity (Wildman–Crippen MR) is 103 cm³/mol. The van der Waals surface area contributed by atoms with E-state index in [0.29, 0.717) is 12.1 Å². The Morgan fingerprint density at radius 2 is 1.76 bits per heavy atom. The van der Waals surface area contributed by atoms with E-state index < -0.39 is 5.97 Å². The summed E-state index contributed by atoms with van der Waals surface area (Å²) < 4.78 is 4.78. The molecule has 0 heterocycles. The first-order valence-electron chi connectivity index (χ1n) is 7.91. The monoisotopic (exact) mass is 375 g/mol. The van der Waals surface area contributed by atoms with E-state index >= 15 is 0 Å². The van der Waals surface area contributed by atoms with Crippen LogP contribution in [0.3, 0.4) is 0 Å². The van der Waals surface area contributed by atoms with Gasteiger partial charge in [0.25, 0.3) is 0 Å². The number of thioether (sulfide) groups is 2. The molecule has 2 rings (SSSR count). The maximum absolute atomic E-state index is 12.3. The Kier molecular flexibility index (Phi) is 7.88.